The van der Waals surface area contributed by atoms with Crippen molar-refractivity contribution in [3.8, 4) is 0 Å². The monoisotopic (exact) mass is 322 g/mol. The summed E-state index contributed by atoms with van der Waals surface area (Å²) >= 11 is 1.46. The van der Waals surface area contributed by atoms with Crippen LogP contribution >= 0.6 is 11.3 Å². The zero-order valence-corrected chi connectivity index (χ0v) is 13.2. The summed E-state index contributed by atoms with van der Waals surface area (Å²) in [6, 6.07) is 6.37. The van der Waals surface area contributed by atoms with Crippen LogP contribution in [0, 0.1) is 6.92 Å². The van der Waals surface area contributed by atoms with Crippen LogP contribution in [0.2, 0.25) is 0 Å². The van der Waals surface area contributed by atoms with Crippen molar-refractivity contribution in [2.75, 3.05) is 11.0 Å². The highest BCUT2D eigenvalue weighted by molar-refractivity contribution is 7.92. The fourth-order valence-electron chi connectivity index (χ4n) is 1.67. The lowest BCUT2D eigenvalue weighted by molar-refractivity contribution is 0.104. The number of hydrogen-bond donors (Lipinski definition) is 1. The zero-order chi connectivity index (χ0) is 15.5. The summed E-state index contributed by atoms with van der Waals surface area (Å²) < 4.78 is 24.7. The average Bonchev–Trinajstić information content (AvgIpc) is 2.80. The number of aromatic nitrogens is 1. The number of nitrogens with one attached hydrogen (secondary N) is 1. The Labute approximate surface area is 127 Å². The van der Waals surface area contributed by atoms with E-state index in [-0.39, 0.29) is 5.78 Å². The van der Waals surface area contributed by atoms with Crippen molar-refractivity contribution in [1.82, 2.24) is 4.98 Å². The minimum Gasteiger partial charge on any atom is -0.289 e. The van der Waals surface area contributed by atoms with Gasteiger partial charge >= 0.3 is 0 Å². The number of allylic oxidation sites excluding steroid dienone is 1. The predicted molar refractivity (Wildman–Crippen MR) is 85.1 cm³/mol. The van der Waals surface area contributed by atoms with Gasteiger partial charge in [0, 0.05) is 16.1 Å². The first-order valence-corrected chi connectivity index (χ1v) is 8.82. The van der Waals surface area contributed by atoms with E-state index in [4.69, 9.17) is 0 Å². The lowest BCUT2D eigenvalue weighted by atomic mass is 10.1. The predicted octanol–water partition coefficient (Wildman–Crippen LogP) is 2.72. The van der Waals surface area contributed by atoms with E-state index in [0.29, 0.717) is 11.3 Å². The van der Waals surface area contributed by atoms with Crippen LogP contribution in [-0.2, 0) is 10.0 Å². The number of aryl methyl sites for hydroxylation is 1. The Morgan fingerprint density at radius 2 is 2.14 bits per heavy atom. The highest BCUT2D eigenvalue weighted by atomic mass is 32.2. The molecule has 5 nitrogen and oxygen atoms in total. The van der Waals surface area contributed by atoms with E-state index in [2.05, 4.69) is 9.71 Å². The summed E-state index contributed by atoms with van der Waals surface area (Å²) in [6.45, 7) is 1.87. The summed E-state index contributed by atoms with van der Waals surface area (Å²) in [6.07, 6.45) is 4.24. The smallest absolute Gasteiger partial charge is 0.229 e. The average molecular weight is 322 g/mol. The maximum absolute atomic E-state index is 12.1. The molecule has 0 aliphatic carbocycles. The molecule has 0 unspecified atom stereocenters. The van der Waals surface area contributed by atoms with E-state index in [0.717, 1.165) is 16.8 Å². The maximum Gasteiger partial charge on any atom is 0.229 e. The van der Waals surface area contributed by atoms with Crippen molar-refractivity contribution < 1.29 is 13.2 Å². The molecule has 7 heteroatoms. The number of rotatable bonds is 5. The summed E-state index contributed by atoms with van der Waals surface area (Å²) in [5, 5.41) is 0. The van der Waals surface area contributed by atoms with Gasteiger partial charge in [0.2, 0.25) is 10.0 Å². The standard InChI is InChI=1S/C14H14N2O3S2/c1-10-14(20-9-15-10)7-6-13(17)11-4-3-5-12(8-11)16-21(2,18)19/h3-9,16H,1-2H3/b7-6+. The molecule has 0 spiro atoms. The molecule has 2 rings (SSSR count). The summed E-state index contributed by atoms with van der Waals surface area (Å²) in [5.41, 5.74) is 3.38. The van der Waals surface area contributed by atoms with E-state index >= 15 is 0 Å². The van der Waals surface area contributed by atoms with Crippen LogP contribution in [0.5, 0.6) is 0 Å². The number of benzene rings is 1. The molecule has 21 heavy (non-hydrogen) atoms. The fourth-order valence-corrected chi connectivity index (χ4v) is 2.92. The molecule has 0 radical (unpaired) electrons. The third kappa shape index (κ3) is 4.51. The first-order valence-electron chi connectivity index (χ1n) is 6.05. The number of sulfonamides is 1. The molecule has 0 amide bonds. The molecule has 2 aromatic rings. The molecule has 110 valence electrons. The molecule has 0 saturated carbocycles. The van der Waals surface area contributed by atoms with Gasteiger partial charge in [-0.1, -0.05) is 12.1 Å². The second kappa shape index (κ2) is 6.19. The molecular weight excluding hydrogens is 308 g/mol. The van der Waals surface area contributed by atoms with Gasteiger partial charge in [-0.3, -0.25) is 9.52 Å². The molecule has 0 fully saturated rings. The van der Waals surface area contributed by atoms with Crippen LogP contribution in [0.25, 0.3) is 6.08 Å². The van der Waals surface area contributed by atoms with Gasteiger partial charge in [0.05, 0.1) is 17.5 Å². The van der Waals surface area contributed by atoms with Crippen LogP contribution in [0.3, 0.4) is 0 Å². The SMILES string of the molecule is Cc1ncsc1/C=C/C(=O)c1cccc(NS(C)(=O)=O)c1. The van der Waals surface area contributed by atoms with Crippen LogP contribution in [0.4, 0.5) is 5.69 Å². The quantitative estimate of drug-likeness (QED) is 0.678. The van der Waals surface area contributed by atoms with E-state index < -0.39 is 10.0 Å². The number of nitrogens with zero attached hydrogens (tertiary/aromatic N) is 1. The summed E-state index contributed by atoms with van der Waals surface area (Å²) in [7, 11) is -3.36. The normalized spacial score (nSPS) is 11.7. The van der Waals surface area contributed by atoms with Gasteiger partial charge in [-0.05, 0) is 31.2 Å². The molecule has 1 heterocycles. The van der Waals surface area contributed by atoms with Gasteiger partial charge in [-0.25, -0.2) is 13.4 Å². The fraction of sp³-hybridized carbons (Fsp3) is 0.143. The van der Waals surface area contributed by atoms with Gasteiger partial charge in [-0.15, -0.1) is 11.3 Å². The molecule has 0 saturated heterocycles. The summed E-state index contributed by atoms with van der Waals surface area (Å²) in [5.74, 6) is -0.194. The van der Waals surface area contributed by atoms with Crippen LogP contribution in [0.1, 0.15) is 20.9 Å². The maximum atomic E-state index is 12.1. The van der Waals surface area contributed by atoms with Gasteiger partial charge in [0.15, 0.2) is 5.78 Å². The Kier molecular flexibility index (Phi) is 4.54. The third-order valence-corrected chi connectivity index (χ3v) is 4.12. The lowest BCUT2D eigenvalue weighted by Gasteiger charge is -2.04. The van der Waals surface area contributed by atoms with E-state index in [9.17, 15) is 13.2 Å². The van der Waals surface area contributed by atoms with Crippen molar-refractivity contribution in [3.63, 3.8) is 0 Å². The minimum atomic E-state index is -3.36. The van der Waals surface area contributed by atoms with Gasteiger partial charge in [-0.2, -0.15) is 0 Å². The highest BCUT2D eigenvalue weighted by Crippen LogP contribution is 2.16. The Bertz CT molecular complexity index is 792. The number of carbonyl (C=O) groups excluding carboxylic acids is 1. The number of ketones is 1. The number of carbonyl (C=O) groups is 1. The number of hydrogen-bond acceptors (Lipinski definition) is 5. The topological polar surface area (TPSA) is 76.1 Å². The second-order valence-corrected chi connectivity index (χ2v) is 7.09. The van der Waals surface area contributed by atoms with E-state index in [1.165, 1.54) is 23.5 Å². The first-order chi connectivity index (χ1) is 9.85. The van der Waals surface area contributed by atoms with Crippen molar-refractivity contribution in [3.05, 3.63) is 52.0 Å². The second-order valence-electron chi connectivity index (χ2n) is 4.45. The van der Waals surface area contributed by atoms with Crippen molar-refractivity contribution >= 4 is 38.9 Å². The molecular formula is C14H14N2O3S2. The molecule has 0 bridgehead atoms. The van der Waals surface area contributed by atoms with Crippen LogP contribution in [0.15, 0.2) is 35.9 Å². The molecule has 0 aliphatic heterocycles. The van der Waals surface area contributed by atoms with E-state index in [1.807, 2.05) is 6.92 Å². The van der Waals surface area contributed by atoms with Crippen molar-refractivity contribution in [2.24, 2.45) is 0 Å². The molecule has 1 aromatic carbocycles. The first kappa shape index (κ1) is 15.4. The molecule has 0 aliphatic rings. The van der Waals surface area contributed by atoms with Crippen molar-refractivity contribution in [2.45, 2.75) is 6.92 Å². The van der Waals surface area contributed by atoms with Gasteiger partial charge in [0.25, 0.3) is 0 Å². The number of thiazole rings is 1. The Balaban J connectivity index is 2.18. The lowest BCUT2D eigenvalue weighted by Crippen LogP contribution is -2.10. The van der Waals surface area contributed by atoms with Gasteiger partial charge < -0.3 is 0 Å². The third-order valence-electron chi connectivity index (χ3n) is 2.62. The molecule has 1 aromatic heterocycles. The number of anilines is 1. The minimum absolute atomic E-state index is 0.194. The summed E-state index contributed by atoms with van der Waals surface area (Å²) in [4.78, 5) is 17.1. The Morgan fingerprint density at radius 3 is 2.76 bits per heavy atom. The van der Waals surface area contributed by atoms with E-state index in [1.54, 1.807) is 29.8 Å². The molecule has 1 N–H and O–H groups in total. The van der Waals surface area contributed by atoms with Gasteiger partial charge in [0.1, 0.15) is 0 Å². The Hall–Kier alpha value is -1.99. The van der Waals surface area contributed by atoms with Crippen molar-refractivity contribution in [1.29, 1.82) is 0 Å². The Morgan fingerprint density at radius 1 is 1.38 bits per heavy atom. The highest BCUT2D eigenvalue weighted by Gasteiger charge is 2.06. The van der Waals surface area contributed by atoms with Crippen LogP contribution < -0.4 is 4.72 Å². The zero-order valence-electron chi connectivity index (χ0n) is 11.5. The molecule has 0 atom stereocenters. The largest absolute Gasteiger partial charge is 0.289 e. The van der Waals surface area contributed by atoms with Crippen LogP contribution in [-0.4, -0.2) is 25.4 Å².